The van der Waals surface area contributed by atoms with Crippen molar-refractivity contribution in [3.63, 3.8) is 0 Å². The molecule has 0 aromatic heterocycles. The third-order valence-corrected chi connectivity index (χ3v) is 12.9. The Morgan fingerprint density at radius 3 is 2.15 bits per heavy atom. The maximum Gasteiger partial charge on any atom is 0.137 e. The van der Waals surface area contributed by atoms with Crippen LogP contribution in [-0.2, 0) is 9.53 Å². The van der Waals surface area contributed by atoms with Gasteiger partial charge in [0.1, 0.15) is 5.78 Å². The Morgan fingerprint density at radius 2 is 1.48 bits per heavy atom. The lowest BCUT2D eigenvalue weighted by Gasteiger charge is -2.71. The van der Waals surface area contributed by atoms with Crippen LogP contribution in [0.2, 0.25) is 0 Å². The van der Waals surface area contributed by atoms with Crippen molar-refractivity contribution in [1.29, 1.82) is 0 Å². The molecule has 0 heterocycles. The summed E-state index contributed by atoms with van der Waals surface area (Å²) in [5.41, 5.74) is 2.78. The number of Topliss-reactive ketones (excluding diaryl/α,β-unsaturated/α-hetero) is 1. The molecule has 2 nitrogen and oxygen atoms in total. The van der Waals surface area contributed by atoms with Crippen molar-refractivity contribution >= 4 is 5.78 Å². The standard InChI is InChI=1S/C31H50O2/c1-26(2)14-15-28(5)16-17-30(7)20(21(28)19-26)18-22(32)25-29(6)12-11-24(33-9)27(3,4)23(29)10-13-31(25,30)8/h19-20,23-25H,10-18H2,1-9H3. The molecule has 33 heavy (non-hydrogen) atoms. The Balaban J connectivity index is 1.60. The summed E-state index contributed by atoms with van der Waals surface area (Å²) in [4.78, 5) is 14.3. The van der Waals surface area contributed by atoms with Crippen LogP contribution in [0.25, 0.3) is 0 Å². The van der Waals surface area contributed by atoms with Crippen LogP contribution in [0.5, 0.6) is 0 Å². The summed E-state index contributed by atoms with van der Waals surface area (Å²) in [7, 11) is 1.89. The number of carbonyl (C=O) groups is 1. The lowest BCUT2D eigenvalue weighted by Crippen LogP contribution is -2.68. The predicted molar refractivity (Wildman–Crippen MR) is 136 cm³/mol. The number of ketones is 1. The third-order valence-electron chi connectivity index (χ3n) is 12.9. The van der Waals surface area contributed by atoms with Crippen LogP contribution in [0.1, 0.15) is 113 Å². The molecule has 5 aliphatic rings. The molecule has 0 spiro atoms. The summed E-state index contributed by atoms with van der Waals surface area (Å²) >= 11 is 0. The highest BCUT2D eigenvalue weighted by Crippen LogP contribution is 2.75. The number of carbonyl (C=O) groups excluding carboxylic acids is 1. The smallest absolute Gasteiger partial charge is 0.137 e. The zero-order valence-electron chi connectivity index (χ0n) is 23.1. The van der Waals surface area contributed by atoms with E-state index in [4.69, 9.17) is 4.74 Å². The largest absolute Gasteiger partial charge is 0.381 e. The minimum atomic E-state index is 0.0948. The summed E-state index contributed by atoms with van der Waals surface area (Å²) in [6.45, 7) is 19.8. The first-order valence-electron chi connectivity index (χ1n) is 13.9. The van der Waals surface area contributed by atoms with Crippen LogP contribution in [0, 0.1) is 50.2 Å². The van der Waals surface area contributed by atoms with Crippen molar-refractivity contribution in [1.82, 2.24) is 0 Å². The van der Waals surface area contributed by atoms with Gasteiger partial charge in [-0.3, -0.25) is 4.79 Å². The number of hydrogen-bond donors (Lipinski definition) is 0. The second kappa shape index (κ2) is 6.98. The number of rotatable bonds is 1. The number of fused-ring (bicyclic) bond motifs is 7. The molecule has 0 bridgehead atoms. The van der Waals surface area contributed by atoms with E-state index in [-0.39, 0.29) is 33.0 Å². The fraction of sp³-hybridized carbons (Fsp3) is 0.903. The van der Waals surface area contributed by atoms with Crippen LogP contribution in [0.4, 0.5) is 0 Å². The molecule has 4 fully saturated rings. The topological polar surface area (TPSA) is 26.3 Å². The van der Waals surface area contributed by atoms with Crippen molar-refractivity contribution in [2.75, 3.05) is 7.11 Å². The first kappa shape index (κ1) is 24.1. The summed E-state index contributed by atoms with van der Waals surface area (Å²) in [6, 6.07) is 0. The van der Waals surface area contributed by atoms with Gasteiger partial charge in [0.05, 0.1) is 6.10 Å². The van der Waals surface area contributed by atoms with Gasteiger partial charge in [-0.2, -0.15) is 0 Å². The second-order valence-corrected chi connectivity index (χ2v) is 15.3. The molecule has 186 valence electrons. The first-order valence-corrected chi connectivity index (χ1v) is 13.9. The molecular weight excluding hydrogens is 404 g/mol. The van der Waals surface area contributed by atoms with Gasteiger partial charge in [-0.15, -0.1) is 0 Å². The van der Waals surface area contributed by atoms with Crippen molar-refractivity contribution in [2.45, 2.75) is 119 Å². The van der Waals surface area contributed by atoms with Gasteiger partial charge in [-0.1, -0.05) is 67.0 Å². The van der Waals surface area contributed by atoms with E-state index in [9.17, 15) is 4.79 Å². The fourth-order valence-electron chi connectivity index (χ4n) is 10.8. The van der Waals surface area contributed by atoms with Gasteiger partial charge >= 0.3 is 0 Å². The van der Waals surface area contributed by atoms with Gasteiger partial charge in [0.15, 0.2) is 0 Å². The molecule has 0 aliphatic heterocycles. The van der Waals surface area contributed by atoms with E-state index in [1.165, 1.54) is 38.5 Å². The highest BCUT2D eigenvalue weighted by Gasteiger charge is 2.71. The van der Waals surface area contributed by atoms with Crippen LogP contribution in [-0.4, -0.2) is 19.0 Å². The molecule has 2 heteroatoms. The van der Waals surface area contributed by atoms with Gasteiger partial charge in [0.2, 0.25) is 0 Å². The average molecular weight is 455 g/mol. The van der Waals surface area contributed by atoms with Crippen molar-refractivity contribution in [2.24, 2.45) is 50.2 Å². The van der Waals surface area contributed by atoms with Crippen LogP contribution in [0.3, 0.4) is 0 Å². The molecule has 5 rings (SSSR count). The molecule has 0 amide bonds. The minimum absolute atomic E-state index is 0.0948. The van der Waals surface area contributed by atoms with Crippen LogP contribution >= 0.6 is 0 Å². The maximum absolute atomic E-state index is 14.3. The van der Waals surface area contributed by atoms with E-state index in [0.717, 1.165) is 19.3 Å². The van der Waals surface area contributed by atoms with Gasteiger partial charge in [0.25, 0.3) is 0 Å². The summed E-state index contributed by atoms with van der Waals surface area (Å²) in [5, 5.41) is 0. The predicted octanol–water partition coefficient (Wildman–Crippen LogP) is 8.00. The molecule has 0 radical (unpaired) electrons. The molecule has 0 saturated heterocycles. The Bertz CT molecular complexity index is 881. The van der Waals surface area contributed by atoms with Crippen molar-refractivity contribution in [3.05, 3.63) is 11.6 Å². The van der Waals surface area contributed by atoms with E-state index in [2.05, 4.69) is 61.5 Å². The van der Waals surface area contributed by atoms with Gasteiger partial charge < -0.3 is 4.74 Å². The summed E-state index contributed by atoms with van der Waals surface area (Å²) in [6.07, 6.45) is 13.6. The zero-order valence-corrected chi connectivity index (χ0v) is 23.1. The lowest BCUT2D eigenvalue weighted by molar-refractivity contribution is -0.224. The minimum Gasteiger partial charge on any atom is -0.381 e. The number of allylic oxidation sites excluding steroid dienone is 2. The fourth-order valence-corrected chi connectivity index (χ4v) is 10.8. The van der Waals surface area contributed by atoms with Crippen LogP contribution < -0.4 is 0 Å². The first-order chi connectivity index (χ1) is 15.1. The Kier molecular flexibility index (Phi) is 5.10. The van der Waals surface area contributed by atoms with E-state index >= 15 is 0 Å². The molecule has 8 atom stereocenters. The molecule has 0 N–H and O–H groups in total. The number of methoxy groups -OCH3 is 1. The Labute approximate surface area is 203 Å². The average Bonchev–Trinajstić information content (AvgIpc) is 2.70. The molecule has 0 aromatic carbocycles. The molecule has 4 saturated carbocycles. The van der Waals surface area contributed by atoms with Crippen molar-refractivity contribution < 1.29 is 9.53 Å². The molecule has 5 aliphatic carbocycles. The highest BCUT2D eigenvalue weighted by molar-refractivity contribution is 5.85. The maximum atomic E-state index is 14.3. The lowest BCUT2D eigenvalue weighted by atomic mass is 9.32. The number of hydrogen-bond acceptors (Lipinski definition) is 2. The quantitative estimate of drug-likeness (QED) is 0.375. The second-order valence-electron chi connectivity index (χ2n) is 15.3. The SMILES string of the molecule is COC1CCC2(C)C(CCC3(C)C2C(=O)CC2C4=CC(C)(C)CCC4(C)CCC23C)C1(C)C. The molecule has 0 aromatic rings. The molecule has 8 unspecified atom stereocenters. The van der Waals surface area contributed by atoms with E-state index in [1.807, 2.05) is 7.11 Å². The van der Waals surface area contributed by atoms with Gasteiger partial charge in [-0.05, 0) is 95.7 Å². The highest BCUT2D eigenvalue weighted by atomic mass is 16.5. The molecular formula is C31H50O2. The van der Waals surface area contributed by atoms with Gasteiger partial charge in [-0.25, -0.2) is 0 Å². The van der Waals surface area contributed by atoms with Crippen molar-refractivity contribution in [3.8, 4) is 0 Å². The third kappa shape index (κ3) is 2.98. The van der Waals surface area contributed by atoms with E-state index in [1.54, 1.807) is 5.57 Å². The van der Waals surface area contributed by atoms with E-state index < -0.39 is 0 Å². The summed E-state index contributed by atoms with van der Waals surface area (Å²) < 4.78 is 5.99. The normalized spacial score (nSPS) is 52.6. The van der Waals surface area contributed by atoms with E-state index in [0.29, 0.717) is 29.1 Å². The Morgan fingerprint density at radius 1 is 0.818 bits per heavy atom. The van der Waals surface area contributed by atoms with Crippen LogP contribution in [0.15, 0.2) is 11.6 Å². The number of ether oxygens (including phenoxy) is 1. The monoisotopic (exact) mass is 454 g/mol. The Hall–Kier alpha value is -0.630. The summed E-state index contributed by atoms with van der Waals surface area (Å²) in [5.74, 6) is 1.79. The zero-order chi connectivity index (χ0) is 24.2. The van der Waals surface area contributed by atoms with Gasteiger partial charge in [0, 0.05) is 19.4 Å².